The fourth-order valence-corrected chi connectivity index (χ4v) is 2.76. The van der Waals surface area contributed by atoms with Crippen LogP contribution in [0.4, 0.5) is 0 Å². The zero-order valence-electron chi connectivity index (χ0n) is 11.6. The van der Waals surface area contributed by atoms with Crippen LogP contribution in [0.2, 0.25) is 0 Å². The summed E-state index contributed by atoms with van der Waals surface area (Å²) in [6, 6.07) is 8.77. The second kappa shape index (κ2) is 5.43. The van der Waals surface area contributed by atoms with E-state index in [1.54, 1.807) is 0 Å². The minimum atomic E-state index is 0.250. The molecule has 3 rings (SSSR count). The molecule has 3 heteroatoms. The number of aryl methyl sites for hydroxylation is 1. The molecule has 1 aromatic carbocycles. The lowest BCUT2D eigenvalue weighted by Crippen LogP contribution is -2.48. The summed E-state index contributed by atoms with van der Waals surface area (Å²) in [5, 5.41) is 0. The van der Waals surface area contributed by atoms with E-state index in [9.17, 15) is 4.79 Å². The molecule has 19 heavy (non-hydrogen) atoms. The molecule has 0 aromatic heterocycles. The average Bonchev–Trinajstić information content (AvgIpc) is 3.25. The monoisotopic (exact) mass is 258 g/mol. The Morgan fingerprint density at radius 1 is 1.11 bits per heavy atom. The topological polar surface area (TPSA) is 23.6 Å². The second-order valence-electron chi connectivity index (χ2n) is 5.83. The zero-order valence-corrected chi connectivity index (χ0v) is 11.6. The summed E-state index contributed by atoms with van der Waals surface area (Å²) in [4.78, 5) is 17.1. The Labute approximate surface area is 115 Å². The van der Waals surface area contributed by atoms with Gasteiger partial charge >= 0.3 is 0 Å². The Kier molecular flexibility index (Phi) is 3.67. The van der Waals surface area contributed by atoms with Crippen LogP contribution in [0, 0.1) is 6.92 Å². The molecule has 1 aliphatic carbocycles. The summed E-state index contributed by atoms with van der Waals surface area (Å²) < 4.78 is 0. The lowest BCUT2D eigenvalue weighted by Gasteiger charge is -2.34. The minimum absolute atomic E-state index is 0.250. The van der Waals surface area contributed by atoms with Gasteiger partial charge in [-0.1, -0.05) is 29.8 Å². The predicted octanol–water partition coefficient (Wildman–Crippen LogP) is 1.96. The van der Waals surface area contributed by atoms with Crippen LogP contribution in [-0.4, -0.2) is 54.3 Å². The maximum absolute atomic E-state index is 12.2. The summed E-state index contributed by atoms with van der Waals surface area (Å²) >= 11 is 0. The van der Waals surface area contributed by atoms with Gasteiger partial charge in [-0.25, -0.2) is 0 Å². The molecule has 1 saturated carbocycles. The molecule has 0 unspecified atom stereocenters. The van der Waals surface area contributed by atoms with Crippen LogP contribution in [0.15, 0.2) is 24.3 Å². The number of carbonyl (C=O) groups is 1. The number of carbonyl (C=O) groups excluding carboxylic acids is 1. The molecule has 2 fully saturated rings. The van der Waals surface area contributed by atoms with Crippen molar-refractivity contribution in [3.05, 3.63) is 35.4 Å². The van der Waals surface area contributed by atoms with Crippen molar-refractivity contribution in [1.82, 2.24) is 9.80 Å². The molecule has 0 bridgehead atoms. The van der Waals surface area contributed by atoms with Crippen molar-refractivity contribution in [1.29, 1.82) is 0 Å². The Morgan fingerprint density at radius 3 is 2.32 bits per heavy atom. The van der Waals surface area contributed by atoms with Gasteiger partial charge in [0.15, 0.2) is 5.78 Å². The highest BCUT2D eigenvalue weighted by Crippen LogP contribution is 2.27. The number of rotatable bonds is 4. The fourth-order valence-electron chi connectivity index (χ4n) is 2.76. The first-order chi connectivity index (χ1) is 9.22. The smallest absolute Gasteiger partial charge is 0.176 e. The maximum Gasteiger partial charge on any atom is 0.176 e. The van der Waals surface area contributed by atoms with Crippen molar-refractivity contribution in [3.8, 4) is 0 Å². The molecule has 1 heterocycles. The van der Waals surface area contributed by atoms with E-state index in [0.29, 0.717) is 6.54 Å². The first-order valence-corrected chi connectivity index (χ1v) is 7.28. The van der Waals surface area contributed by atoms with Gasteiger partial charge in [-0.3, -0.25) is 14.6 Å². The van der Waals surface area contributed by atoms with Gasteiger partial charge in [0.2, 0.25) is 0 Å². The number of hydrogen-bond acceptors (Lipinski definition) is 3. The molecule has 0 radical (unpaired) electrons. The maximum atomic E-state index is 12.2. The predicted molar refractivity (Wildman–Crippen MR) is 76.5 cm³/mol. The summed E-state index contributed by atoms with van der Waals surface area (Å²) in [7, 11) is 0. The summed E-state index contributed by atoms with van der Waals surface area (Å²) in [5.41, 5.74) is 2.05. The Balaban J connectivity index is 1.51. The molecule has 102 valence electrons. The highest BCUT2D eigenvalue weighted by Gasteiger charge is 2.31. The fraction of sp³-hybridized carbons (Fsp3) is 0.562. The number of Topliss-reactive ketones (excluding diaryl/α,β-unsaturated/α-hetero) is 1. The van der Waals surface area contributed by atoms with Gasteiger partial charge in [-0.05, 0) is 19.8 Å². The first kappa shape index (κ1) is 12.8. The Bertz CT molecular complexity index is 442. The first-order valence-electron chi connectivity index (χ1n) is 7.28. The van der Waals surface area contributed by atoms with Gasteiger partial charge in [0.25, 0.3) is 0 Å². The van der Waals surface area contributed by atoms with E-state index >= 15 is 0 Å². The second-order valence-corrected chi connectivity index (χ2v) is 5.83. The molecule has 0 atom stereocenters. The van der Waals surface area contributed by atoms with Crippen LogP contribution in [0.25, 0.3) is 0 Å². The summed E-state index contributed by atoms with van der Waals surface area (Å²) in [6.07, 6.45) is 2.75. The average molecular weight is 258 g/mol. The third kappa shape index (κ3) is 3.23. The minimum Gasteiger partial charge on any atom is -0.298 e. The molecule has 0 N–H and O–H groups in total. The van der Waals surface area contributed by atoms with Crippen molar-refractivity contribution in [2.75, 3.05) is 32.7 Å². The van der Waals surface area contributed by atoms with Crippen LogP contribution in [-0.2, 0) is 0 Å². The Morgan fingerprint density at radius 2 is 1.74 bits per heavy atom. The number of ketones is 1. The molecule has 2 aliphatic rings. The van der Waals surface area contributed by atoms with Crippen molar-refractivity contribution in [2.24, 2.45) is 0 Å². The van der Waals surface area contributed by atoms with E-state index in [1.165, 1.54) is 18.4 Å². The molecule has 3 nitrogen and oxygen atoms in total. The largest absolute Gasteiger partial charge is 0.298 e. The third-order valence-corrected chi connectivity index (χ3v) is 4.21. The molecule has 1 saturated heterocycles. The number of benzene rings is 1. The van der Waals surface area contributed by atoms with Crippen molar-refractivity contribution in [2.45, 2.75) is 25.8 Å². The van der Waals surface area contributed by atoms with E-state index in [4.69, 9.17) is 0 Å². The van der Waals surface area contributed by atoms with Gasteiger partial charge in [0.1, 0.15) is 0 Å². The van der Waals surface area contributed by atoms with Crippen molar-refractivity contribution < 1.29 is 4.79 Å². The van der Waals surface area contributed by atoms with Gasteiger partial charge in [0.05, 0.1) is 6.54 Å². The van der Waals surface area contributed by atoms with Crippen LogP contribution in [0.5, 0.6) is 0 Å². The Hall–Kier alpha value is -1.19. The van der Waals surface area contributed by atoms with Gasteiger partial charge < -0.3 is 0 Å². The van der Waals surface area contributed by atoms with Crippen molar-refractivity contribution >= 4 is 5.78 Å². The van der Waals surface area contributed by atoms with Crippen LogP contribution in [0.3, 0.4) is 0 Å². The van der Waals surface area contributed by atoms with E-state index < -0.39 is 0 Å². The third-order valence-electron chi connectivity index (χ3n) is 4.21. The zero-order chi connectivity index (χ0) is 13.2. The number of hydrogen-bond donors (Lipinski definition) is 0. The van der Waals surface area contributed by atoms with Crippen molar-refractivity contribution in [3.63, 3.8) is 0 Å². The molecular formula is C16H22N2O. The number of nitrogens with zero attached hydrogens (tertiary/aromatic N) is 2. The highest BCUT2D eigenvalue weighted by atomic mass is 16.1. The lowest BCUT2D eigenvalue weighted by atomic mass is 10.1. The molecule has 1 aliphatic heterocycles. The molecule has 0 amide bonds. The SMILES string of the molecule is Cc1ccc(C(=O)CN2CCN(C3CC3)CC2)cc1. The van der Waals surface area contributed by atoms with E-state index in [-0.39, 0.29) is 5.78 Å². The number of piperazine rings is 1. The summed E-state index contributed by atoms with van der Waals surface area (Å²) in [6.45, 7) is 6.95. The lowest BCUT2D eigenvalue weighted by molar-refractivity contribution is 0.0843. The summed E-state index contributed by atoms with van der Waals surface area (Å²) in [5.74, 6) is 0.250. The van der Waals surface area contributed by atoms with Crippen LogP contribution < -0.4 is 0 Å². The van der Waals surface area contributed by atoms with Crippen LogP contribution in [0.1, 0.15) is 28.8 Å². The van der Waals surface area contributed by atoms with E-state index in [0.717, 1.165) is 37.8 Å². The molecular weight excluding hydrogens is 236 g/mol. The van der Waals surface area contributed by atoms with Gasteiger partial charge in [-0.2, -0.15) is 0 Å². The van der Waals surface area contributed by atoms with Gasteiger partial charge in [-0.15, -0.1) is 0 Å². The highest BCUT2D eigenvalue weighted by molar-refractivity contribution is 5.97. The standard InChI is InChI=1S/C16H22N2O/c1-13-2-4-14(5-3-13)16(19)12-17-8-10-18(11-9-17)15-6-7-15/h2-5,15H,6-12H2,1H3. The molecule has 0 spiro atoms. The molecule has 1 aromatic rings. The van der Waals surface area contributed by atoms with E-state index in [1.807, 2.05) is 31.2 Å². The normalized spacial score (nSPS) is 21.5. The van der Waals surface area contributed by atoms with Gasteiger partial charge in [0, 0.05) is 37.8 Å². The quantitative estimate of drug-likeness (QED) is 0.771. The van der Waals surface area contributed by atoms with Crippen LogP contribution >= 0.6 is 0 Å². The van der Waals surface area contributed by atoms with E-state index in [2.05, 4.69) is 9.80 Å².